The van der Waals surface area contributed by atoms with Gasteiger partial charge < -0.3 is 11.1 Å². The average Bonchev–Trinajstić information content (AvgIpc) is 3.09. The summed E-state index contributed by atoms with van der Waals surface area (Å²) in [4.78, 5) is 23.5. The molecule has 0 saturated carbocycles. The van der Waals surface area contributed by atoms with Crippen LogP contribution < -0.4 is 11.1 Å². The normalized spacial score (nSPS) is 11.3. The number of hydrogen-bond acceptors (Lipinski definition) is 4. The molecule has 1 heterocycles. The van der Waals surface area contributed by atoms with Crippen LogP contribution in [0.3, 0.4) is 0 Å². The predicted molar refractivity (Wildman–Crippen MR) is 89.2 cm³/mol. The zero-order chi connectivity index (χ0) is 21.3. The predicted octanol–water partition coefficient (Wildman–Crippen LogP) is 2.92. The van der Waals surface area contributed by atoms with Gasteiger partial charge in [0, 0.05) is 5.69 Å². The average molecular weight is 411 g/mol. The van der Waals surface area contributed by atoms with Gasteiger partial charge in [0.25, 0.3) is 11.8 Å². The molecule has 3 rings (SSSR count). The van der Waals surface area contributed by atoms with E-state index in [-0.39, 0.29) is 16.1 Å². The Morgan fingerprint density at radius 3 is 2.41 bits per heavy atom. The number of carbonyl (C=O) groups excluding carboxylic acids is 2. The van der Waals surface area contributed by atoms with Crippen LogP contribution in [0.4, 0.5) is 27.6 Å². The molecule has 0 radical (unpaired) electrons. The molecule has 0 aliphatic rings. The van der Waals surface area contributed by atoms with Gasteiger partial charge in [-0.2, -0.15) is 13.2 Å². The third kappa shape index (κ3) is 4.05. The van der Waals surface area contributed by atoms with E-state index in [1.165, 1.54) is 0 Å². The maximum Gasteiger partial charge on any atom is 0.435 e. The van der Waals surface area contributed by atoms with Gasteiger partial charge in [-0.05, 0) is 36.4 Å². The molecule has 3 aromatic rings. The summed E-state index contributed by atoms with van der Waals surface area (Å²) in [7, 11) is 0. The summed E-state index contributed by atoms with van der Waals surface area (Å²) < 4.78 is 67.9. The molecule has 0 saturated heterocycles. The zero-order valence-corrected chi connectivity index (χ0v) is 14.2. The van der Waals surface area contributed by atoms with E-state index in [0.717, 1.165) is 42.5 Å². The van der Waals surface area contributed by atoms with Crippen LogP contribution in [0.2, 0.25) is 0 Å². The Balaban J connectivity index is 2.02. The van der Waals surface area contributed by atoms with Crippen LogP contribution in [0, 0.1) is 11.6 Å². The summed E-state index contributed by atoms with van der Waals surface area (Å²) in [5.74, 6) is -4.25. The van der Waals surface area contributed by atoms with Gasteiger partial charge in [-0.15, -0.1) is 5.10 Å². The lowest BCUT2D eigenvalue weighted by atomic mass is 10.1. The van der Waals surface area contributed by atoms with Crippen molar-refractivity contribution in [3.63, 3.8) is 0 Å². The number of primary amides is 1. The van der Waals surface area contributed by atoms with Gasteiger partial charge in [0.15, 0.2) is 11.4 Å². The van der Waals surface area contributed by atoms with Crippen LogP contribution >= 0.6 is 0 Å². The van der Waals surface area contributed by atoms with Crippen molar-refractivity contribution in [2.75, 3.05) is 5.32 Å². The fourth-order valence-electron chi connectivity index (χ4n) is 2.46. The van der Waals surface area contributed by atoms with Crippen LogP contribution in [0.15, 0.2) is 42.5 Å². The summed E-state index contributed by atoms with van der Waals surface area (Å²) in [5, 5.41) is 8.62. The standard InChI is InChI=1S/C17H10F5N5O2/c18-8-2-1-3-10(6-8)27-14(17(20,21)22)13(25-26-27)16(29)24-9-4-5-12(19)11(7-9)15(23)28/h1-7H,(H2,23,28)(H,24,29). The second kappa shape index (κ2) is 7.30. The Labute approximate surface area is 158 Å². The zero-order valence-electron chi connectivity index (χ0n) is 14.2. The lowest BCUT2D eigenvalue weighted by Gasteiger charge is -2.11. The Morgan fingerprint density at radius 1 is 1.07 bits per heavy atom. The first-order valence-corrected chi connectivity index (χ1v) is 7.77. The van der Waals surface area contributed by atoms with Crippen LogP contribution in [0.1, 0.15) is 26.5 Å². The first-order chi connectivity index (χ1) is 13.6. The molecule has 3 N–H and O–H groups in total. The van der Waals surface area contributed by atoms with Gasteiger partial charge in [0.2, 0.25) is 0 Å². The van der Waals surface area contributed by atoms with E-state index in [0.29, 0.717) is 0 Å². The van der Waals surface area contributed by atoms with Crippen molar-refractivity contribution in [1.82, 2.24) is 15.0 Å². The molecule has 12 heteroatoms. The molecule has 150 valence electrons. The van der Waals surface area contributed by atoms with Gasteiger partial charge in [-0.1, -0.05) is 11.3 Å². The largest absolute Gasteiger partial charge is 0.435 e. The fourth-order valence-corrected chi connectivity index (χ4v) is 2.46. The third-order valence-electron chi connectivity index (χ3n) is 3.70. The summed E-state index contributed by atoms with van der Waals surface area (Å²) in [6.07, 6.45) is -5.07. The van der Waals surface area contributed by atoms with Crippen LogP contribution in [-0.2, 0) is 6.18 Å². The van der Waals surface area contributed by atoms with Gasteiger partial charge in [-0.3, -0.25) is 9.59 Å². The number of aromatic nitrogens is 3. The number of carbonyl (C=O) groups is 2. The molecule has 0 aliphatic carbocycles. The number of benzene rings is 2. The first kappa shape index (κ1) is 19.9. The minimum Gasteiger partial charge on any atom is -0.366 e. The van der Waals surface area contributed by atoms with E-state index in [2.05, 4.69) is 15.6 Å². The van der Waals surface area contributed by atoms with Gasteiger partial charge >= 0.3 is 6.18 Å². The molecule has 0 spiro atoms. The van der Waals surface area contributed by atoms with Crippen molar-refractivity contribution in [2.24, 2.45) is 5.73 Å². The van der Waals surface area contributed by atoms with Gasteiger partial charge in [0.05, 0.1) is 11.3 Å². The third-order valence-corrected chi connectivity index (χ3v) is 3.70. The van der Waals surface area contributed by atoms with E-state index < -0.39 is 46.6 Å². The van der Waals surface area contributed by atoms with E-state index in [4.69, 9.17) is 5.73 Å². The van der Waals surface area contributed by atoms with Crippen LogP contribution in [-0.4, -0.2) is 26.8 Å². The first-order valence-electron chi connectivity index (χ1n) is 7.77. The Hall–Kier alpha value is -3.83. The number of nitrogens with one attached hydrogen (secondary N) is 1. The number of anilines is 1. The molecule has 1 aromatic heterocycles. The smallest absolute Gasteiger partial charge is 0.366 e. The molecule has 2 amide bonds. The van der Waals surface area contributed by atoms with E-state index >= 15 is 0 Å². The maximum absolute atomic E-state index is 13.6. The quantitative estimate of drug-likeness (QED) is 0.645. The van der Waals surface area contributed by atoms with Crippen molar-refractivity contribution >= 4 is 17.5 Å². The van der Waals surface area contributed by atoms with Crippen molar-refractivity contribution in [3.8, 4) is 5.69 Å². The fraction of sp³-hybridized carbons (Fsp3) is 0.0588. The minimum atomic E-state index is -5.07. The number of nitrogens with zero attached hydrogens (tertiary/aromatic N) is 3. The van der Waals surface area contributed by atoms with Crippen molar-refractivity contribution in [1.29, 1.82) is 0 Å². The Bertz CT molecular complexity index is 1110. The number of nitrogens with two attached hydrogens (primary N) is 1. The SMILES string of the molecule is NC(=O)c1cc(NC(=O)c2nnn(-c3cccc(F)c3)c2C(F)(F)F)ccc1F. The topological polar surface area (TPSA) is 103 Å². The van der Waals surface area contributed by atoms with Crippen molar-refractivity contribution < 1.29 is 31.5 Å². The number of alkyl halides is 3. The second-order valence-corrected chi connectivity index (χ2v) is 5.69. The molecule has 0 fully saturated rings. The van der Waals surface area contributed by atoms with E-state index in [9.17, 15) is 31.5 Å². The highest BCUT2D eigenvalue weighted by atomic mass is 19.4. The van der Waals surface area contributed by atoms with Gasteiger partial charge in [0.1, 0.15) is 11.6 Å². The highest BCUT2D eigenvalue weighted by Crippen LogP contribution is 2.33. The molecular weight excluding hydrogens is 401 g/mol. The van der Waals surface area contributed by atoms with Crippen molar-refractivity contribution in [3.05, 3.63) is 71.1 Å². The van der Waals surface area contributed by atoms with Crippen LogP contribution in [0.25, 0.3) is 5.69 Å². The highest BCUT2D eigenvalue weighted by Gasteiger charge is 2.42. The summed E-state index contributed by atoms with van der Waals surface area (Å²) in [6, 6.07) is 6.80. The molecule has 0 aliphatic heterocycles. The Kier molecular flexibility index (Phi) is 5.01. The lowest BCUT2D eigenvalue weighted by Crippen LogP contribution is -2.21. The molecule has 29 heavy (non-hydrogen) atoms. The number of hydrogen-bond donors (Lipinski definition) is 2. The van der Waals surface area contributed by atoms with E-state index in [1.54, 1.807) is 0 Å². The maximum atomic E-state index is 13.6. The molecule has 7 nitrogen and oxygen atoms in total. The summed E-state index contributed by atoms with van der Waals surface area (Å²) in [5.41, 5.74) is 1.27. The monoisotopic (exact) mass is 411 g/mol. The van der Waals surface area contributed by atoms with Gasteiger partial charge in [-0.25, -0.2) is 13.5 Å². The van der Waals surface area contributed by atoms with Crippen molar-refractivity contribution in [2.45, 2.75) is 6.18 Å². The number of amides is 2. The van der Waals surface area contributed by atoms with E-state index in [1.807, 2.05) is 0 Å². The minimum absolute atomic E-state index is 0.196. The number of halogens is 5. The molecular formula is C17H10F5N5O2. The van der Waals surface area contributed by atoms with Crippen LogP contribution in [0.5, 0.6) is 0 Å². The summed E-state index contributed by atoms with van der Waals surface area (Å²) >= 11 is 0. The molecule has 0 bridgehead atoms. The Morgan fingerprint density at radius 2 is 1.79 bits per heavy atom. The molecule has 2 aromatic carbocycles. The lowest BCUT2D eigenvalue weighted by molar-refractivity contribution is -0.143. The molecule has 0 atom stereocenters. The molecule has 0 unspecified atom stereocenters. The summed E-state index contributed by atoms with van der Waals surface area (Å²) in [6.45, 7) is 0. The highest BCUT2D eigenvalue weighted by molar-refractivity contribution is 6.04. The number of rotatable bonds is 4. The second-order valence-electron chi connectivity index (χ2n) is 5.69.